The summed E-state index contributed by atoms with van der Waals surface area (Å²) in [5, 5.41) is 12.6. The van der Waals surface area contributed by atoms with Crippen LogP contribution in [0.3, 0.4) is 0 Å². The number of halogens is 6. The molecule has 212 valence electrons. The lowest BCUT2D eigenvalue weighted by atomic mass is 9.84. The zero-order valence-corrected chi connectivity index (χ0v) is 21.8. The van der Waals surface area contributed by atoms with Gasteiger partial charge in [0.25, 0.3) is 5.60 Å². The number of unbranched alkanes of at least 4 members (excludes halogenated alkanes) is 2. The Kier molecular flexibility index (Phi) is 9.54. The number of alkyl halides is 6. The van der Waals surface area contributed by atoms with Gasteiger partial charge >= 0.3 is 12.4 Å². The van der Waals surface area contributed by atoms with Gasteiger partial charge in [0.05, 0.1) is 6.04 Å². The van der Waals surface area contributed by atoms with Gasteiger partial charge in [-0.25, -0.2) is 0 Å². The quantitative estimate of drug-likeness (QED) is 0.122. The first-order chi connectivity index (χ1) is 17.8. The third kappa shape index (κ3) is 6.88. The minimum absolute atomic E-state index is 0.0267. The van der Waals surface area contributed by atoms with Gasteiger partial charge in [-0.1, -0.05) is 72.5 Å². The van der Waals surface area contributed by atoms with Gasteiger partial charge < -0.3 is 5.11 Å². The third-order valence-corrected chi connectivity index (χ3v) is 8.31. The predicted octanol–water partition coefficient (Wildman–Crippen LogP) is 9.21. The third-order valence-electron chi connectivity index (χ3n) is 8.31. The monoisotopic (exact) mass is 545 g/mol. The molecule has 3 nitrogen and oxygen atoms in total. The second-order valence-electron chi connectivity index (χ2n) is 11.0. The number of aliphatic hydroxyl groups is 1. The summed E-state index contributed by atoms with van der Waals surface area (Å²) in [5.41, 5.74) is -0.896. The Morgan fingerprint density at radius 2 is 1.84 bits per heavy atom. The van der Waals surface area contributed by atoms with Gasteiger partial charge in [0.1, 0.15) is 0 Å². The van der Waals surface area contributed by atoms with Crippen LogP contribution in [0.4, 0.5) is 26.3 Å². The molecule has 0 aromatic rings. The first-order valence-corrected chi connectivity index (χ1v) is 13.4. The van der Waals surface area contributed by atoms with E-state index in [1.165, 1.54) is 5.57 Å². The van der Waals surface area contributed by atoms with Crippen LogP contribution in [0.2, 0.25) is 0 Å². The Hall–Kier alpha value is -2.16. The van der Waals surface area contributed by atoms with E-state index in [4.69, 9.17) is 0 Å². The van der Waals surface area contributed by atoms with Gasteiger partial charge in [-0.05, 0) is 87.2 Å². The molecule has 9 heteroatoms. The van der Waals surface area contributed by atoms with Crippen LogP contribution in [0.15, 0.2) is 64.4 Å². The lowest BCUT2D eigenvalue weighted by Crippen LogP contribution is -2.55. The second-order valence-corrected chi connectivity index (χ2v) is 11.0. The van der Waals surface area contributed by atoms with Crippen LogP contribution in [-0.4, -0.2) is 29.1 Å². The van der Waals surface area contributed by atoms with E-state index in [2.05, 4.69) is 30.8 Å². The molecule has 38 heavy (non-hydrogen) atoms. The van der Waals surface area contributed by atoms with Crippen molar-refractivity contribution in [2.24, 2.45) is 16.5 Å². The van der Waals surface area contributed by atoms with Crippen molar-refractivity contribution in [3.63, 3.8) is 0 Å². The van der Waals surface area contributed by atoms with Crippen molar-refractivity contribution >= 4 is 0 Å². The molecular weight excluding hydrogens is 508 g/mol. The van der Waals surface area contributed by atoms with Crippen LogP contribution in [-0.2, 0) is 0 Å². The highest BCUT2D eigenvalue weighted by atomic mass is 19.4. The van der Waals surface area contributed by atoms with E-state index < -0.39 is 23.4 Å². The summed E-state index contributed by atoms with van der Waals surface area (Å²) in [7, 11) is 0. The summed E-state index contributed by atoms with van der Waals surface area (Å²) in [5.74, 6) is 0.222. The largest absolute Gasteiger partial charge is 0.429 e. The smallest absolute Gasteiger partial charge is 0.370 e. The van der Waals surface area contributed by atoms with Gasteiger partial charge in [-0.2, -0.15) is 31.2 Å². The summed E-state index contributed by atoms with van der Waals surface area (Å²) >= 11 is 0. The lowest BCUT2D eigenvalue weighted by Gasteiger charge is -2.29. The molecule has 0 aromatic heterocycles. The van der Waals surface area contributed by atoms with Gasteiger partial charge in [-0.15, -0.1) is 0 Å². The summed E-state index contributed by atoms with van der Waals surface area (Å²) in [4.78, 5) is 11.0. The Balaban J connectivity index is 1.72. The Labute approximate surface area is 220 Å². The van der Waals surface area contributed by atoms with Gasteiger partial charge in [0, 0.05) is 0 Å². The van der Waals surface area contributed by atoms with Crippen molar-refractivity contribution in [1.82, 2.24) is 0 Å². The van der Waals surface area contributed by atoms with E-state index in [9.17, 15) is 36.4 Å². The zero-order chi connectivity index (χ0) is 28.2. The maximum atomic E-state index is 13.0. The zero-order valence-electron chi connectivity index (χ0n) is 21.8. The molecule has 0 unspecified atom stereocenters. The number of rotatable bonds is 11. The van der Waals surface area contributed by atoms with Crippen molar-refractivity contribution in [1.29, 1.82) is 0 Å². The van der Waals surface area contributed by atoms with Crippen LogP contribution in [0.5, 0.6) is 0 Å². The van der Waals surface area contributed by atoms with Crippen molar-refractivity contribution < 1.29 is 31.4 Å². The highest BCUT2D eigenvalue weighted by Crippen LogP contribution is 2.59. The van der Waals surface area contributed by atoms with Crippen LogP contribution in [0.1, 0.15) is 84.0 Å². The van der Waals surface area contributed by atoms with Crippen molar-refractivity contribution in [2.75, 3.05) is 0 Å². The van der Waals surface area contributed by atoms with E-state index in [1.807, 2.05) is 6.08 Å². The van der Waals surface area contributed by atoms with Crippen molar-refractivity contribution in [3.8, 4) is 0 Å². The Bertz CT molecular complexity index is 984. The van der Waals surface area contributed by atoms with Gasteiger partial charge in [0.15, 0.2) is 0 Å². The van der Waals surface area contributed by atoms with Gasteiger partial charge in [0.2, 0.25) is 0 Å². The normalized spacial score (nSPS) is 25.8. The first-order valence-electron chi connectivity index (χ1n) is 13.4. The fourth-order valence-electron chi connectivity index (χ4n) is 5.53. The molecule has 0 bridgehead atoms. The Morgan fingerprint density at radius 1 is 1.16 bits per heavy atom. The van der Waals surface area contributed by atoms with E-state index >= 15 is 0 Å². The maximum Gasteiger partial charge on any atom is 0.429 e. The Morgan fingerprint density at radius 3 is 2.42 bits per heavy atom. The standard InChI is InChI=1S/C29H37F6NO2/c1-3-4-5-7-21(9-10-22-19-25(36-38)13-8-20(22)2)23-11-12-24(18-23)26(16-17-26)14-6-15-27(37,28(30,31)32)29(33,34)35/h6,9-10,12,15,23,25,37H,2-5,7-8,11,13-14,16-19H2,1H3/b15-6+,21-9+,22-10-/t23-,25+/m1/s1. The lowest BCUT2D eigenvalue weighted by molar-refractivity contribution is -0.347. The molecule has 0 heterocycles. The molecule has 0 radical (unpaired) electrons. The van der Waals surface area contributed by atoms with Crippen molar-refractivity contribution in [2.45, 2.75) is 108 Å². The number of hydrogen-bond acceptors (Lipinski definition) is 3. The van der Waals surface area contributed by atoms with Crippen LogP contribution < -0.4 is 0 Å². The number of nitroso groups, excluding NO2 is 1. The first kappa shape index (κ1) is 30.4. The van der Waals surface area contributed by atoms with E-state index in [1.54, 1.807) is 0 Å². The highest BCUT2D eigenvalue weighted by molar-refractivity contribution is 5.37. The molecule has 3 aliphatic rings. The van der Waals surface area contributed by atoms with Crippen molar-refractivity contribution in [3.05, 3.63) is 64.2 Å². The van der Waals surface area contributed by atoms with Crippen LogP contribution >= 0.6 is 0 Å². The maximum absolute atomic E-state index is 13.0. The SMILES string of the molecule is C=C1CC[C@H](N=O)C/C1=C/C=C(\CCCCC)[C@@H]1CC=C(C2(C/C=C/C(O)(C(F)(F)F)C(F)(F)F)CC2)C1. The molecule has 1 N–H and O–H groups in total. The average Bonchev–Trinajstić information content (AvgIpc) is 3.46. The molecular formula is C29H37F6NO2. The fraction of sp³-hybridized carbons (Fsp3) is 0.655. The highest BCUT2D eigenvalue weighted by Gasteiger charge is 2.69. The number of allylic oxidation sites excluding steroid dienone is 7. The predicted molar refractivity (Wildman–Crippen MR) is 136 cm³/mol. The molecule has 3 rings (SSSR count). The minimum atomic E-state index is -5.85. The minimum Gasteiger partial charge on any atom is -0.370 e. The summed E-state index contributed by atoms with van der Waals surface area (Å²) in [6.07, 6.45) is 4.30. The van der Waals surface area contributed by atoms with Crippen LogP contribution in [0, 0.1) is 16.2 Å². The molecule has 0 spiro atoms. The summed E-state index contributed by atoms with van der Waals surface area (Å²) in [6.45, 7) is 6.25. The second kappa shape index (κ2) is 11.9. The number of nitrogens with zero attached hydrogens (tertiary/aromatic N) is 1. The summed E-state index contributed by atoms with van der Waals surface area (Å²) < 4.78 is 78.0. The van der Waals surface area contributed by atoms with Gasteiger partial charge in [-0.3, -0.25) is 0 Å². The van der Waals surface area contributed by atoms with E-state index in [0.717, 1.165) is 67.7 Å². The average molecular weight is 546 g/mol. The molecule has 2 saturated carbocycles. The molecule has 2 atom stereocenters. The molecule has 2 fully saturated rings. The molecule has 0 aliphatic heterocycles. The molecule has 0 amide bonds. The van der Waals surface area contributed by atoms with Crippen LogP contribution in [0.25, 0.3) is 0 Å². The van der Waals surface area contributed by atoms with E-state index in [-0.39, 0.29) is 24.5 Å². The molecule has 0 aromatic carbocycles. The number of hydrogen-bond donors (Lipinski definition) is 1. The fourth-order valence-corrected chi connectivity index (χ4v) is 5.53. The molecule has 0 saturated heterocycles. The molecule has 3 aliphatic carbocycles. The van der Waals surface area contributed by atoms with E-state index in [0.29, 0.717) is 25.7 Å². The summed E-state index contributed by atoms with van der Waals surface area (Å²) in [6, 6.07) is -0.237. The topological polar surface area (TPSA) is 49.7 Å².